The van der Waals surface area contributed by atoms with Crippen LogP contribution in [0.5, 0.6) is 0 Å². The monoisotopic (exact) mass is 474 g/mol. The van der Waals surface area contributed by atoms with Crippen LogP contribution in [0.3, 0.4) is 0 Å². The summed E-state index contributed by atoms with van der Waals surface area (Å²) in [5.74, 6) is 0.911. The largest absolute Gasteiger partial charge is 0.375 e. The number of hydrogen-bond acceptors (Lipinski definition) is 3. The molecule has 0 aliphatic carbocycles. The summed E-state index contributed by atoms with van der Waals surface area (Å²) in [5, 5.41) is 6.92. The predicted molar refractivity (Wildman–Crippen MR) is 120 cm³/mol. The SMILES string of the molecule is CCNC(=NCCOCc1ccccc1)NC1CCN(C(C)C)CC1.I. The van der Waals surface area contributed by atoms with Crippen molar-refractivity contribution in [3.8, 4) is 0 Å². The third-order valence-electron chi connectivity index (χ3n) is 4.56. The van der Waals surface area contributed by atoms with E-state index in [9.17, 15) is 0 Å². The van der Waals surface area contributed by atoms with Gasteiger partial charge < -0.3 is 20.3 Å². The lowest BCUT2D eigenvalue weighted by Gasteiger charge is -2.35. The van der Waals surface area contributed by atoms with Gasteiger partial charge in [0.15, 0.2) is 5.96 Å². The van der Waals surface area contributed by atoms with Crippen LogP contribution in [-0.4, -0.2) is 55.7 Å². The molecule has 1 aliphatic heterocycles. The Morgan fingerprint density at radius 3 is 2.54 bits per heavy atom. The molecule has 2 N–H and O–H groups in total. The van der Waals surface area contributed by atoms with Crippen LogP contribution in [0.2, 0.25) is 0 Å². The van der Waals surface area contributed by atoms with Gasteiger partial charge in [0.25, 0.3) is 0 Å². The molecule has 0 atom stereocenters. The molecule has 0 aromatic heterocycles. The van der Waals surface area contributed by atoms with Crippen molar-refractivity contribution in [1.82, 2.24) is 15.5 Å². The topological polar surface area (TPSA) is 48.9 Å². The van der Waals surface area contributed by atoms with Crippen molar-refractivity contribution < 1.29 is 4.74 Å². The summed E-state index contributed by atoms with van der Waals surface area (Å²) in [4.78, 5) is 7.19. The number of hydrogen-bond donors (Lipinski definition) is 2. The van der Waals surface area contributed by atoms with Gasteiger partial charge in [-0.3, -0.25) is 4.99 Å². The van der Waals surface area contributed by atoms with Gasteiger partial charge >= 0.3 is 0 Å². The molecule has 0 radical (unpaired) electrons. The van der Waals surface area contributed by atoms with Crippen LogP contribution in [0.25, 0.3) is 0 Å². The van der Waals surface area contributed by atoms with Gasteiger partial charge in [-0.2, -0.15) is 0 Å². The highest BCUT2D eigenvalue weighted by Gasteiger charge is 2.21. The summed E-state index contributed by atoms with van der Waals surface area (Å²) >= 11 is 0. The molecule has 6 heteroatoms. The lowest BCUT2D eigenvalue weighted by atomic mass is 10.0. The normalized spacial score (nSPS) is 16.4. The Morgan fingerprint density at radius 2 is 1.92 bits per heavy atom. The average Bonchev–Trinajstić information content (AvgIpc) is 2.63. The average molecular weight is 474 g/mol. The fraction of sp³-hybridized carbons (Fsp3) is 0.650. The van der Waals surface area contributed by atoms with E-state index < -0.39 is 0 Å². The summed E-state index contributed by atoms with van der Waals surface area (Å²) < 4.78 is 5.71. The molecule has 5 nitrogen and oxygen atoms in total. The highest BCUT2D eigenvalue weighted by atomic mass is 127. The standard InChI is InChI=1S/C20H34N4O.HI/c1-4-21-20(23-19-10-13-24(14-11-19)17(2)3)22-12-15-25-16-18-8-6-5-7-9-18;/h5-9,17,19H,4,10-16H2,1-3H3,(H2,21,22,23);1H. The molecule has 0 spiro atoms. The first kappa shape index (κ1) is 23.2. The van der Waals surface area contributed by atoms with E-state index in [-0.39, 0.29) is 24.0 Å². The van der Waals surface area contributed by atoms with Crippen LogP contribution >= 0.6 is 24.0 Å². The second kappa shape index (κ2) is 13.3. The molecule has 1 aromatic rings. The zero-order valence-electron chi connectivity index (χ0n) is 16.4. The molecule has 0 saturated carbocycles. The first-order chi connectivity index (χ1) is 12.2. The second-order valence-corrected chi connectivity index (χ2v) is 6.85. The van der Waals surface area contributed by atoms with Crippen molar-refractivity contribution in [3.05, 3.63) is 35.9 Å². The van der Waals surface area contributed by atoms with Crippen LogP contribution in [0.4, 0.5) is 0 Å². The quantitative estimate of drug-likeness (QED) is 0.263. The molecule has 26 heavy (non-hydrogen) atoms. The van der Waals surface area contributed by atoms with Gasteiger partial charge in [0.05, 0.1) is 19.8 Å². The number of guanidine groups is 1. The van der Waals surface area contributed by atoms with E-state index in [4.69, 9.17) is 4.74 Å². The van der Waals surface area contributed by atoms with E-state index in [1.165, 1.54) is 18.4 Å². The Morgan fingerprint density at radius 1 is 1.23 bits per heavy atom. The lowest BCUT2D eigenvalue weighted by Crippen LogP contribution is -2.49. The predicted octanol–water partition coefficient (Wildman–Crippen LogP) is 3.25. The minimum atomic E-state index is 0. The highest BCUT2D eigenvalue weighted by Crippen LogP contribution is 2.12. The summed E-state index contributed by atoms with van der Waals surface area (Å²) in [6.07, 6.45) is 2.35. The molecule has 0 unspecified atom stereocenters. The van der Waals surface area contributed by atoms with Crippen molar-refractivity contribution in [1.29, 1.82) is 0 Å². The Kier molecular flexibility index (Phi) is 11.9. The Hall–Kier alpha value is -0.860. The molecular formula is C20H35IN4O. The van der Waals surface area contributed by atoms with Crippen molar-refractivity contribution in [2.24, 2.45) is 4.99 Å². The first-order valence-corrected chi connectivity index (χ1v) is 9.59. The fourth-order valence-corrected chi connectivity index (χ4v) is 3.06. The van der Waals surface area contributed by atoms with Gasteiger partial charge in [0, 0.05) is 31.7 Å². The van der Waals surface area contributed by atoms with Gasteiger partial charge in [-0.1, -0.05) is 30.3 Å². The molecule has 1 aromatic carbocycles. The number of piperidine rings is 1. The van der Waals surface area contributed by atoms with Crippen LogP contribution < -0.4 is 10.6 Å². The van der Waals surface area contributed by atoms with Crippen molar-refractivity contribution in [3.63, 3.8) is 0 Å². The number of halogens is 1. The maximum Gasteiger partial charge on any atom is 0.191 e. The number of nitrogens with zero attached hydrogens (tertiary/aromatic N) is 2. The Balaban J connectivity index is 0.00000338. The third-order valence-corrected chi connectivity index (χ3v) is 4.56. The minimum absolute atomic E-state index is 0. The van der Waals surface area contributed by atoms with Gasteiger partial charge in [-0.15, -0.1) is 24.0 Å². The Bertz CT molecular complexity index is 502. The summed E-state index contributed by atoms with van der Waals surface area (Å²) in [6.45, 7) is 11.8. The van der Waals surface area contributed by atoms with Crippen LogP contribution in [-0.2, 0) is 11.3 Å². The van der Waals surface area contributed by atoms with Gasteiger partial charge in [0.1, 0.15) is 0 Å². The summed E-state index contributed by atoms with van der Waals surface area (Å²) in [6, 6.07) is 11.4. The zero-order chi connectivity index (χ0) is 17.9. The van der Waals surface area contributed by atoms with Gasteiger partial charge in [-0.25, -0.2) is 0 Å². The molecule has 0 bridgehead atoms. The maximum atomic E-state index is 5.71. The van der Waals surface area contributed by atoms with E-state index in [0.29, 0.717) is 31.8 Å². The van der Waals surface area contributed by atoms with Gasteiger partial charge in [-0.05, 0) is 39.2 Å². The third kappa shape index (κ3) is 8.68. The van der Waals surface area contributed by atoms with Crippen LogP contribution in [0.15, 0.2) is 35.3 Å². The van der Waals surface area contributed by atoms with E-state index in [0.717, 1.165) is 25.6 Å². The van der Waals surface area contributed by atoms with E-state index in [1.54, 1.807) is 0 Å². The Labute approximate surface area is 176 Å². The molecule has 1 aliphatic rings. The molecule has 1 saturated heterocycles. The highest BCUT2D eigenvalue weighted by molar-refractivity contribution is 14.0. The first-order valence-electron chi connectivity index (χ1n) is 9.59. The fourth-order valence-electron chi connectivity index (χ4n) is 3.06. The number of aliphatic imine (C=N–C) groups is 1. The van der Waals surface area contributed by atoms with E-state index in [2.05, 4.69) is 53.4 Å². The lowest BCUT2D eigenvalue weighted by molar-refractivity contribution is 0.128. The maximum absolute atomic E-state index is 5.71. The summed E-state index contributed by atoms with van der Waals surface area (Å²) in [5.41, 5.74) is 1.20. The smallest absolute Gasteiger partial charge is 0.191 e. The number of ether oxygens (including phenoxy) is 1. The van der Waals surface area contributed by atoms with Crippen molar-refractivity contribution in [2.45, 2.75) is 52.3 Å². The van der Waals surface area contributed by atoms with E-state index in [1.807, 2.05) is 18.2 Å². The van der Waals surface area contributed by atoms with Crippen LogP contribution in [0, 0.1) is 0 Å². The second-order valence-electron chi connectivity index (χ2n) is 6.85. The zero-order valence-corrected chi connectivity index (χ0v) is 18.7. The van der Waals surface area contributed by atoms with Crippen molar-refractivity contribution in [2.75, 3.05) is 32.8 Å². The minimum Gasteiger partial charge on any atom is -0.375 e. The van der Waals surface area contributed by atoms with Crippen molar-refractivity contribution >= 4 is 29.9 Å². The number of nitrogens with one attached hydrogen (secondary N) is 2. The van der Waals surface area contributed by atoms with E-state index >= 15 is 0 Å². The molecule has 148 valence electrons. The molecule has 1 heterocycles. The number of likely N-dealkylation sites (tertiary alicyclic amines) is 1. The number of rotatable bonds is 8. The van der Waals surface area contributed by atoms with Gasteiger partial charge in [0.2, 0.25) is 0 Å². The molecule has 2 rings (SSSR count). The molecule has 1 fully saturated rings. The summed E-state index contributed by atoms with van der Waals surface area (Å²) in [7, 11) is 0. The molecular weight excluding hydrogens is 439 g/mol. The number of benzene rings is 1. The molecule has 0 amide bonds. The van der Waals surface area contributed by atoms with Crippen LogP contribution in [0.1, 0.15) is 39.2 Å².